The van der Waals surface area contributed by atoms with E-state index >= 15 is 4.39 Å². The molecule has 0 unspecified atom stereocenters. The fourth-order valence-corrected chi connectivity index (χ4v) is 9.29. The lowest BCUT2D eigenvalue weighted by Gasteiger charge is -2.42. The van der Waals surface area contributed by atoms with Crippen molar-refractivity contribution >= 4 is 33.2 Å². The normalized spacial score (nSPS) is 26.5. The van der Waals surface area contributed by atoms with Crippen LogP contribution in [-0.4, -0.2) is 64.8 Å². The maximum absolute atomic E-state index is 17.1. The van der Waals surface area contributed by atoms with Gasteiger partial charge in [-0.3, -0.25) is 4.90 Å². The van der Waals surface area contributed by atoms with Gasteiger partial charge in [0.15, 0.2) is 5.82 Å². The number of nitrogens with zero attached hydrogens (tertiary/aromatic N) is 4. The molecule has 4 aromatic rings. The second-order valence-corrected chi connectivity index (χ2v) is 14.7. The summed E-state index contributed by atoms with van der Waals surface area (Å²) in [4.78, 5) is 13.9. The number of nitrogens with two attached hydrogens (primary N) is 1. The van der Waals surface area contributed by atoms with Gasteiger partial charge in [0, 0.05) is 58.8 Å². The Morgan fingerprint density at radius 2 is 1.94 bits per heavy atom. The van der Waals surface area contributed by atoms with Crippen LogP contribution in [0.25, 0.3) is 32.8 Å². The summed E-state index contributed by atoms with van der Waals surface area (Å²) in [5, 5.41) is 5.39. The summed E-state index contributed by atoms with van der Waals surface area (Å²) in [6.07, 6.45) is 10.5. The predicted octanol–water partition coefficient (Wildman–Crippen LogP) is 6.78. The highest BCUT2D eigenvalue weighted by molar-refractivity contribution is 6.04. The van der Waals surface area contributed by atoms with Gasteiger partial charge in [-0.15, -0.1) is 6.42 Å². The van der Waals surface area contributed by atoms with Gasteiger partial charge in [-0.25, -0.2) is 8.78 Å². The van der Waals surface area contributed by atoms with E-state index in [0.29, 0.717) is 58.7 Å². The molecule has 1 saturated carbocycles. The number of benzene rings is 3. The number of halogens is 4. The number of terminal acetylenes is 1. The van der Waals surface area contributed by atoms with Gasteiger partial charge >= 0.3 is 6.01 Å². The average Bonchev–Trinajstić information content (AvgIpc) is 3.69. The number of nitrogen functional groups attached to an aromatic ring is 1. The van der Waals surface area contributed by atoms with Crippen LogP contribution in [-0.2, 0) is 0 Å². The predicted molar refractivity (Wildman–Crippen MR) is 181 cm³/mol. The molecule has 0 amide bonds. The van der Waals surface area contributed by atoms with E-state index in [2.05, 4.69) is 26.0 Å². The van der Waals surface area contributed by atoms with Crippen molar-refractivity contribution in [3.8, 4) is 29.5 Å². The first-order chi connectivity index (χ1) is 23.7. The van der Waals surface area contributed by atoms with Crippen molar-refractivity contribution in [3.05, 3.63) is 65.2 Å². The summed E-state index contributed by atoms with van der Waals surface area (Å²) in [5.41, 5.74) is 6.79. The Bertz CT molecular complexity index is 2120. The number of piperazine rings is 1. The second kappa shape index (κ2) is 11.1. The molecule has 9 rings (SSSR count). The molecule has 3 aromatic carbocycles. The number of ether oxygens (including phenoxy) is 1. The molecule has 7 nitrogen and oxygen atoms in total. The van der Waals surface area contributed by atoms with Crippen LogP contribution in [0.2, 0.25) is 0 Å². The molecule has 11 heteroatoms. The van der Waals surface area contributed by atoms with Crippen molar-refractivity contribution in [1.82, 2.24) is 20.2 Å². The molecular formula is C38H36F4N6O. The second-order valence-electron chi connectivity index (χ2n) is 14.7. The SMILES string of the molecule is C#Cc1c(F)ccc2cc(N)cc(-c3ccc4c(N5C[C@@H]6CC[C@](C7CC7)(C5)N6)nc(OC[C@@]56CCCN5CC(=C(F)F)C6)nc4c3F)c12. The Kier molecular flexibility index (Phi) is 6.91. The highest BCUT2D eigenvalue weighted by Gasteiger charge is 2.53. The molecule has 1 aliphatic carbocycles. The van der Waals surface area contributed by atoms with E-state index in [0.717, 1.165) is 25.8 Å². The third-order valence-corrected chi connectivity index (χ3v) is 11.7. The van der Waals surface area contributed by atoms with Crippen molar-refractivity contribution in [3.63, 3.8) is 0 Å². The number of hydrogen-bond acceptors (Lipinski definition) is 7. The van der Waals surface area contributed by atoms with E-state index in [4.69, 9.17) is 21.9 Å². The lowest BCUT2D eigenvalue weighted by molar-refractivity contribution is 0.108. The maximum atomic E-state index is 17.1. The Hall–Kier alpha value is -4.40. The number of rotatable bonds is 6. The largest absolute Gasteiger partial charge is 0.461 e. The Morgan fingerprint density at radius 3 is 2.73 bits per heavy atom. The van der Waals surface area contributed by atoms with Crippen molar-refractivity contribution in [2.45, 2.75) is 62.1 Å². The van der Waals surface area contributed by atoms with Crippen LogP contribution in [0, 0.1) is 29.9 Å². The molecule has 0 radical (unpaired) electrons. The first-order valence-electron chi connectivity index (χ1n) is 17.1. The standard InChI is InChI=1S/C38H36F4N6O/c1-2-26-30(39)9-4-21-14-24(43)15-29(31(21)26)27-7-8-28-33(32(27)40)44-36(49-20-37-11-3-13-48(37)17-22(16-37)34(41)42)45-35(28)47-18-25-10-12-38(19-47,46-25)23-5-6-23/h1,4,7-9,14-15,23,25,46H,3,5-6,10-13,16-20,43H2/t25-,37-,38+/m0/s1. The van der Waals surface area contributed by atoms with E-state index in [9.17, 15) is 13.2 Å². The summed E-state index contributed by atoms with van der Waals surface area (Å²) in [6.45, 7) is 2.47. The molecular weight excluding hydrogens is 632 g/mol. The quantitative estimate of drug-likeness (QED) is 0.133. The summed E-state index contributed by atoms with van der Waals surface area (Å²) in [7, 11) is 0. The molecule has 49 heavy (non-hydrogen) atoms. The van der Waals surface area contributed by atoms with Crippen LogP contribution in [0.4, 0.5) is 29.1 Å². The first kappa shape index (κ1) is 30.6. The molecule has 1 aromatic heterocycles. The third-order valence-electron chi connectivity index (χ3n) is 11.7. The highest BCUT2D eigenvalue weighted by atomic mass is 19.3. The van der Waals surface area contributed by atoms with Crippen molar-refractivity contribution in [2.75, 3.05) is 43.4 Å². The third kappa shape index (κ3) is 4.86. The number of hydrogen-bond donors (Lipinski definition) is 2. The minimum Gasteiger partial charge on any atom is -0.461 e. The zero-order valence-corrected chi connectivity index (χ0v) is 27.0. The number of fused-ring (bicyclic) bond motifs is 5. The minimum atomic E-state index is -1.63. The van der Waals surface area contributed by atoms with Crippen molar-refractivity contribution < 1.29 is 22.3 Å². The van der Waals surface area contributed by atoms with Crippen LogP contribution in [0.15, 0.2) is 48.1 Å². The van der Waals surface area contributed by atoms with E-state index in [1.807, 2.05) is 0 Å². The van der Waals surface area contributed by atoms with E-state index in [1.54, 1.807) is 30.3 Å². The van der Waals surface area contributed by atoms with Gasteiger partial charge in [0.05, 0.1) is 11.1 Å². The Labute approximate surface area is 281 Å². The summed E-state index contributed by atoms with van der Waals surface area (Å²) >= 11 is 0. The average molecular weight is 669 g/mol. The minimum absolute atomic E-state index is 0.00271. The molecule has 5 aliphatic rings. The van der Waals surface area contributed by atoms with Gasteiger partial charge in [-0.2, -0.15) is 18.7 Å². The summed E-state index contributed by atoms with van der Waals surface area (Å²) in [6, 6.07) is 9.89. The molecule has 4 saturated heterocycles. The van der Waals surface area contributed by atoms with Gasteiger partial charge in [0.2, 0.25) is 0 Å². The lowest BCUT2D eigenvalue weighted by Crippen LogP contribution is -2.61. The van der Waals surface area contributed by atoms with Crippen molar-refractivity contribution in [2.24, 2.45) is 5.92 Å². The summed E-state index contributed by atoms with van der Waals surface area (Å²) < 4.78 is 65.7. The summed E-state index contributed by atoms with van der Waals surface area (Å²) in [5.74, 6) is 2.40. The van der Waals surface area contributed by atoms with Gasteiger partial charge in [-0.05, 0) is 92.6 Å². The monoisotopic (exact) mass is 668 g/mol. The van der Waals surface area contributed by atoms with Crippen LogP contribution >= 0.6 is 0 Å². The van der Waals surface area contributed by atoms with Gasteiger partial charge < -0.3 is 20.7 Å². The first-order valence-corrected chi connectivity index (χ1v) is 17.1. The molecule has 5 fully saturated rings. The van der Waals surface area contributed by atoms with Gasteiger partial charge in [0.25, 0.3) is 6.08 Å². The number of nitrogens with one attached hydrogen (secondary N) is 1. The Morgan fingerprint density at radius 1 is 1.08 bits per heavy atom. The Balaban J connectivity index is 1.18. The number of aromatic nitrogens is 2. The van der Waals surface area contributed by atoms with E-state index in [-0.39, 0.29) is 59.4 Å². The topological polar surface area (TPSA) is 79.5 Å². The molecule has 3 N–H and O–H groups in total. The van der Waals surface area contributed by atoms with E-state index in [1.165, 1.54) is 18.9 Å². The van der Waals surface area contributed by atoms with Crippen LogP contribution in [0.5, 0.6) is 6.01 Å². The van der Waals surface area contributed by atoms with Gasteiger partial charge in [0.1, 0.15) is 23.8 Å². The molecule has 4 aliphatic heterocycles. The lowest BCUT2D eigenvalue weighted by atomic mass is 9.90. The highest BCUT2D eigenvalue weighted by Crippen LogP contribution is 2.49. The molecule has 5 heterocycles. The smallest absolute Gasteiger partial charge is 0.319 e. The van der Waals surface area contributed by atoms with Crippen molar-refractivity contribution in [1.29, 1.82) is 0 Å². The molecule has 3 atom stereocenters. The maximum Gasteiger partial charge on any atom is 0.319 e. The van der Waals surface area contributed by atoms with E-state index < -0.39 is 23.3 Å². The fraction of sp³-hybridized carbons (Fsp3) is 0.421. The zero-order valence-electron chi connectivity index (χ0n) is 27.0. The van der Waals surface area contributed by atoms with Gasteiger partial charge in [-0.1, -0.05) is 18.1 Å². The van der Waals surface area contributed by atoms with Crippen LogP contribution in [0.3, 0.4) is 0 Å². The fourth-order valence-electron chi connectivity index (χ4n) is 9.29. The molecule has 252 valence electrons. The molecule has 0 spiro atoms. The van der Waals surface area contributed by atoms with Crippen LogP contribution < -0.4 is 20.7 Å². The zero-order chi connectivity index (χ0) is 33.7. The molecule has 2 bridgehead atoms. The van der Waals surface area contributed by atoms with Crippen LogP contribution in [0.1, 0.15) is 50.5 Å². The number of anilines is 2.